The molecule has 17 nitrogen and oxygen atoms in total. The Kier molecular flexibility index (Phi) is 53.6. The van der Waals surface area contributed by atoms with Gasteiger partial charge in [0.2, 0.25) is 0 Å². The molecule has 0 heterocycles. The molecule has 474 valence electrons. The van der Waals surface area contributed by atoms with Crippen molar-refractivity contribution < 1.29 is 80.2 Å². The van der Waals surface area contributed by atoms with Crippen LogP contribution in [0.25, 0.3) is 0 Å². The number of unbranched alkanes of at least 4 members (excludes halogenated alkanes) is 32. The molecule has 0 aromatic rings. The number of rotatable bonds is 61. The number of aliphatic hydroxyl groups excluding tert-OH is 1. The van der Waals surface area contributed by atoms with Crippen LogP contribution in [0.15, 0.2) is 0 Å². The number of phosphoric acid groups is 2. The summed E-state index contributed by atoms with van der Waals surface area (Å²) >= 11 is 0. The van der Waals surface area contributed by atoms with Crippen LogP contribution in [0.3, 0.4) is 0 Å². The number of carbonyl (C=O) groups excluding carboxylic acids is 4. The molecule has 0 amide bonds. The SMILES string of the molecule is CCCCCCCCCCCCCCCC(=O)O[C@H](COC(=O)CCCCCCCCCCC(C)CC)COP(=O)(O)OC[C@@H](O)COP(=O)(O)OC[C@@H](COC(=O)CCCCCCCCC)OC(=O)CCCCCCCCCC. The van der Waals surface area contributed by atoms with Crippen molar-refractivity contribution in [1.82, 2.24) is 0 Å². The number of carbonyl (C=O) groups is 4. The molecule has 19 heteroatoms. The van der Waals surface area contributed by atoms with Gasteiger partial charge in [0.15, 0.2) is 12.2 Å². The predicted molar refractivity (Wildman–Crippen MR) is 317 cm³/mol. The van der Waals surface area contributed by atoms with Crippen molar-refractivity contribution in [1.29, 1.82) is 0 Å². The molecule has 0 aliphatic carbocycles. The fraction of sp³-hybridized carbons (Fsp3) is 0.934. The first-order chi connectivity index (χ1) is 38.6. The lowest BCUT2D eigenvalue weighted by atomic mass is 9.99. The van der Waals surface area contributed by atoms with E-state index in [4.69, 9.17) is 37.0 Å². The quantitative estimate of drug-likeness (QED) is 0.0222. The average Bonchev–Trinajstić information content (AvgIpc) is 3.43. The summed E-state index contributed by atoms with van der Waals surface area (Å²) in [4.78, 5) is 71.9. The van der Waals surface area contributed by atoms with Crippen LogP contribution in [0, 0.1) is 5.92 Å². The molecule has 0 aliphatic heterocycles. The van der Waals surface area contributed by atoms with Crippen LogP contribution < -0.4 is 0 Å². The van der Waals surface area contributed by atoms with E-state index in [0.717, 1.165) is 115 Å². The molecule has 0 spiro atoms. The van der Waals surface area contributed by atoms with Crippen LogP contribution in [0.5, 0.6) is 0 Å². The van der Waals surface area contributed by atoms with Gasteiger partial charge < -0.3 is 33.8 Å². The predicted octanol–water partition coefficient (Wildman–Crippen LogP) is 16.6. The second-order valence-corrected chi connectivity index (χ2v) is 25.2. The molecule has 6 atom stereocenters. The Morgan fingerprint density at radius 1 is 0.350 bits per heavy atom. The van der Waals surface area contributed by atoms with Crippen molar-refractivity contribution in [2.24, 2.45) is 5.92 Å². The molecule has 0 aliphatic rings. The van der Waals surface area contributed by atoms with Crippen LogP contribution in [-0.2, 0) is 65.4 Å². The van der Waals surface area contributed by atoms with Crippen LogP contribution in [0.1, 0.15) is 304 Å². The maximum Gasteiger partial charge on any atom is 0.472 e. The standard InChI is InChI=1S/C61H118O17P2/c1-6-10-13-16-19-21-22-23-24-25-32-37-42-47-61(66)78-57(51-72-59(64)45-40-35-31-27-26-29-33-38-43-54(5)9-4)53-76-80(69,70)74-49-55(62)48-73-79(67,68)75-52-56(50-71-58(63)44-39-34-28-18-15-12-8-3)77-60(65)46-41-36-30-20-17-14-11-7-2/h54-57,62H,6-53H2,1-5H3,(H,67,68)(H,69,70)/t54?,55-,56+,57+/m0/s1. The number of hydrogen-bond donors (Lipinski definition) is 3. The van der Waals surface area contributed by atoms with Crippen LogP contribution in [0.2, 0.25) is 0 Å². The summed E-state index contributed by atoms with van der Waals surface area (Å²) in [6, 6.07) is 0. The fourth-order valence-corrected chi connectivity index (χ4v) is 10.6. The van der Waals surface area contributed by atoms with Crippen molar-refractivity contribution in [2.75, 3.05) is 39.6 Å². The monoisotopic (exact) mass is 1180 g/mol. The van der Waals surface area contributed by atoms with E-state index in [9.17, 15) is 43.2 Å². The van der Waals surface area contributed by atoms with Gasteiger partial charge in [0, 0.05) is 25.7 Å². The third-order valence-corrected chi connectivity index (χ3v) is 16.3. The van der Waals surface area contributed by atoms with Crippen molar-refractivity contribution in [3.05, 3.63) is 0 Å². The van der Waals surface area contributed by atoms with E-state index >= 15 is 0 Å². The van der Waals surface area contributed by atoms with Gasteiger partial charge in [0.25, 0.3) is 0 Å². The molecule has 0 bridgehead atoms. The number of phosphoric ester groups is 2. The first-order valence-corrected chi connectivity index (χ1v) is 35.2. The molecule has 0 aromatic heterocycles. The summed E-state index contributed by atoms with van der Waals surface area (Å²) in [5.41, 5.74) is 0. The molecule has 0 radical (unpaired) electrons. The van der Waals surface area contributed by atoms with Crippen molar-refractivity contribution >= 4 is 39.5 Å². The molecule has 0 aromatic carbocycles. The summed E-state index contributed by atoms with van der Waals surface area (Å²) in [5, 5.41) is 10.5. The highest BCUT2D eigenvalue weighted by atomic mass is 31.2. The summed E-state index contributed by atoms with van der Waals surface area (Å²) in [5.74, 6) is -1.36. The minimum absolute atomic E-state index is 0.104. The van der Waals surface area contributed by atoms with Gasteiger partial charge in [0.05, 0.1) is 26.4 Å². The van der Waals surface area contributed by atoms with E-state index in [1.165, 1.54) is 109 Å². The third kappa shape index (κ3) is 54.0. The Morgan fingerprint density at radius 2 is 0.600 bits per heavy atom. The molecule has 0 rings (SSSR count). The Bertz CT molecular complexity index is 1570. The second kappa shape index (κ2) is 55.0. The Hall–Kier alpha value is -1.94. The largest absolute Gasteiger partial charge is 0.472 e. The Balaban J connectivity index is 5.21. The van der Waals surface area contributed by atoms with Gasteiger partial charge in [-0.3, -0.25) is 37.3 Å². The summed E-state index contributed by atoms with van der Waals surface area (Å²) in [6.45, 7) is 7.11. The van der Waals surface area contributed by atoms with Crippen LogP contribution >= 0.6 is 15.6 Å². The molecule has 0 saturated carbocycles. The van der Waals surface area contributed by atoms with E-state index in [2.05, 4.69) is 34.6 Å². The normalized spacial score (nSPS) is 14.7. The van der Waals surface area contributed by atoms with E-state index in [-0.39, 0.29) is 25.7 Å². The molecule has 0 fully saturated rings. The van der Waals surface area contributed by atoms with Crippen molar-refractivity contribution in [3.63, 3.8) is 0 Å². The van der Waals surface area contributed by atoms with Gasteiger partial charge in [-0.2, -0.15) is 0 Å². The highest BCUT2D eigenvalue weighted by molar-refractivity contribution is 7.47. The maximum absolute atomic E-state index is 12.9. The molecular weight excluding hydrogens is 1070 g/mol. The van der Waals surface area contributed by atoms with Crippen LogP contribution in [0.4, 0.5) is 0 Å². The Labute approximate surface area is 486 Å². The zero-order chi connectivity index (χ0) is 59.2. The molecule has 3 N–H and O–H groups in total. The van der Waals surface area contributed by atoms with E-state index in [0.29, 0.717) is 25.7 Å². The Morgan fingerprint density at radius 3 is 0.887 bits per heavy atom. The maximum atomic E-state index is 12.9. The van der Waals surface area contributed by atoms with E-state index in [1.54, 1.807) is 0 Å². The number of hydrogen-bond acceptors (Lipinski definition) is 15. The highest BCUT2D eigenvalue weighted by Crippen LogP contribution is 2.45. The number of esters is 4. The lowest BCUT2D eigenvalue weighted by molar-refractivity contribution is -0.161. The number of ether oxygens (including phenoxy) is 4. The topological polar surface area (TPSA) is 237 Å². The lowest BCUT2D eigenvalue weighted by Crippen LogP contribution is -2.30. The average molecular weight is 1190 g/mol. The molecular formula is C61H118O17P2. The van der Waals surface area contributed by atoms with Gasteiger partial charge in [-0.15, -0.1) is 0 Å². The highest BCUT2D eigenvalue weighted by Gasteiger charge is 2.30. The summed E-state index contributed by atoms with van der Waals surface area (Å²) < 4.78 is 67.7. The van der Waals surface area contributed by atoms with Gasteiger partial charge >= 0.3 is 39.5 Å². The first-order valence-electron chi connectivity index (χ1n) is 32.2. The fourth-order valence-electron chi connectivity index (χ4n) is 9.02. The molecule has 0 saturated heterocycles. The van der Waals surface area contributed by atoms with Gasteiger partial charge in [0.1, 0.15) is 19.3 Å². The minimum Gasteiger partial charge on any atom is -0.462 e. The lowest BCUT2D eigenvalue weighted by Gasteiger charge is -2.21. The first kappa shape index (κ1) is 78.1. The number of aliphatic hydroxyl groups is 1. The zero-order valence-corrected chi connectivity index (χ0v) is 53.0. The van der Waals surface area contributed by atoms with E-state index < -0.39 is 97.5 Å². The minimum atomic E-state index is -4.94. The third-order valence-electron chi connectivity index (χ3n) is 14.4. The smallest absolute Gasteiger partial charge is 0.462 e. The van der Waals surface area contributed by atoms with E-state index in [1.807, 2.05) is 0 Å². The summed E-state index contributed by atoms with van der Waals surface area (Å²) in [7, 11) is -9.87. The van der Waals surface area contributed by atoms with Crippen molar-refractivity contribution in [3.8, 4) is 0 Å². The second-order valence-electron chi connectivity index (χ2n) is 22.3. The summed E-state index contributed by atoms with van der Waals surface area (Å²) in [6.07, 6.45) is 37.6. The van der Waals surface area contributed by atoms with Gasteiger partial charge in [-0.1, -0.05) is 253 Å². The zero-order valence-electron chi connectivity index (χ0n) is 51.2. The van der Waals surface area contributed by atoms with Crippen LogP contribution in [-0.4, -0.2) is 96.7 Å². The van der Waals surface area contributed by atoms with Gasteiger partial charge in [-0.25, -0.2) is 9.13 Å². The van der Waals surface area contributed by atoms with Crippen molar-refractivity contribution in [2.45, 2.75) is 323 Å². The molecule has 3 unspecified atom stereocenters. The molecule has 80 heavy (non-hydrogen) atoms. The van der Waals surface area contributed by atoms with Gasteiger partial charge in [-0.05, 0) is 31.6 Å².